The van der Waals surface area contributed by atoms with E-state index in [0.717, 1.165) is 38.7 Å². The second-order valence-corrected chi connectivity index (χ2v) is 5.83. The van der Waals surface area contributed by atoms with E-state index >= 15 is 0 Å². The number of unbranched alkanes of at least 4 members (excludes halogenated alkanes) is 1. The number of hydrogen-bond acceptors (Lipinski definition) is 4. The highest BCUT2D eigenvalue weighted by molar-refractivity contribution is 5.70. The summed E-state index contributed by atoms with van der Waals surface area (Å²) in [5, 5.41) is 8.90. The predicted octanol–water partition coefficient (Wildman–Crippen LogP) is 2.44. The molecule has 1 saturated heterocycles. The lowest BCUT2D eigenvalue weighted by Crippen LogP contribution is -2.41. The molecule has 0 aromatic carbocycles. The third-order valence-corrected chi connectivity index (χ3v) is 4.23. The second kappa shape index (κ2) is 7.96. The monoisotopic (exact) mass is 286 g/mol. The smallest absolute Gasteiger partial charge is 0.311 e. The van der Waals surface area contributed by atoms with E-state index in [2.05, 4.69) is 6.92 Å². The van der Waals surface area contributed by atoms with Gasteiger partial charge in [-0.2, -0.15) is 0 Å². The van der Waals surface area contributed by atoms with Gasteiger partial charge in [0.05, 0.1) is 19.3 Å². The molecule has 20 heavy (non-hydrogen) atoms. The molecule has 0 unspecified atom stereocenters. The van der Waals surface area contributed by atoms with E-state index in [1.807, 2.05) is 0 Å². The Kier molecular flexibility index (Phi) is 6.26. The molecule has 0 bridgehead atoms. The zero-order valence-corrected chi connectivity index (χ0v) is 12.3. The first kappa shape index (κ1) is 15.7. The summed E-state index contributed by atoms with van der Waals surface area (Å²) in [6, 6.07) is 0. The van der Waals surface area contributed by atoms with Gasteiger partial charge >= 0.3 is 5.97 Å². The molecule has 1 aliphatic heterocycles. The van der Waals surface area contributed by atoms with Crippen molar-refractivity contribution in [3.8, 4) is 0 Å². The molecule has 5 nitrogen and oxygen atoms in total. The minimum absolute atomic E-state index is 0.220. The first-order valence-corrected chi connectivity index (χ1v) is 7.78. The van der Waals surface area contributed by atoms with Gasteiger partial charge in [-0.15, -0.1) is 0 Å². The van der Waals surface area contributed by atoms with Gasteiger partial charge in [0.15, 0.2) is 6.29 Å². The molecule has 0 aromatic rings. The zero-order chi connectivity index (χ0) is 14.4. The van der Waals surface area contributed by atoms with Gasteiger partial charge in [-0.25, -0.2) is 0 Å². The summed E-state index contributed by atoms with van der Waals surface area (Å²) in [6.45, 7) is 3.57. The quantitative estimate of drug-likeness (QED) is 0.760. The number of hydrogen-bond donors (Lipinski definition) is 1. The van der Waals surface area contributed by atoms with Gasteiger partial charge < -0.3 is 19.3 Å². The molecule has 5 heteroatoms. The van der Waals surface area contributed by atoms with E-state index < -0.39 is 11.9 Å². The van der Waals surface area contributed by atoms with Crippen LogP contribution in [0, 0.1) is 11.8 Å². The molecule has 2 fully saturated rings. The minimum Gasteiger partial charge on any atom is -0.481 e. The van der Waals surface area contributed by atoms with Crippen molar-refractivity contribution in [1.29, 1.82) is 0 Å². The highest BCUT2D eigenvalue weighted by Crippen LogP contribution is 2.32. The molecule has 0 amide bonds. The van der Waals surface area contributed by atoms with E-state index in [4.69, 9.17) is 19.3 Å². The lowest BCUT2D eigenvalue weighted by molar-refractivity contribution is -0.232. The van der Waals surface area contributed by atoms with Crippen molar-refractivity contribution in [1.82, 2.24) is 0 Å². The molecule has 1 N–H and O–H groups in total. The van der Waals surface area contributed by atoms with Gasteiger partial charge in [0, 0.05) is 12.5 Å². The third-order valence-electron chi connectivity index (χ3n) is 4.23. The van der Waals surface area contributed by atoms with Crippen molar-refractivity contribution in [2.75, 3.05) is 19.8 Å². The first-order valence-electron chi connectivity index (χ1n) is 7.78. The Morgan fingerprint density at radius 3 is 2.40 bits per heavy atom. The number of carbonyl (C=O) groups is 1. The van der Waals surface area contributed by atoms with Gasteiger partial charge in [-0.3, -0.25) is 4.79 Å². The number of ether oxygens (including phenoxy) is 3. The summed E-state index contributed by atoms with van der Waals surface area (Å²) >= 11 is 0. The SMILES string of the molecule is CCCCOC1CCC(C2OCC(C(=O)O)CO2)CC1. The Morgan fingerprint density at radius 2 is 1.85 bits per heavy atom. The first-order chi connectivity index (χ1) is 9.70. The van der Waals surface area contributed by atoms with Gasteiger partial charge in [0.2, 0.25) is 0 Å². The third kappa shape index (κ3) is 4.43. The molecule has 0 atom stereocenters. The van der Waals surface area contributed by atoms with Crippen LogP contribution < -0.4 is 0 Å². The lowest BCUT2D eigenvalue weighted by Gasteiger charge is -2.36. The fourth-order valence-corrected chi connectivity index (χ4v) is 2.85. The van der Waals surface area contributed by atoms with Crippen LogP contribution in [0.4, 0.5) is 0 Å². The second-order valence-electron chi connectivity index (χ2n) is 5.83. The summed E-state index contributed by atoms with van der Waals surface area (Å²) in [5.74, 6) is -0.966. The Hall–Kier alpha value is -0.650. The van der Waals surface area contributed by atoms with E-state index in [0.29, 0.717) is 12.0 Å². The largest absolute Gasteiger partial charge is 0.481 e. The zero-order valence-electron chi connectivity index (χ0n) is 12.3. The van der Waals surface area contributed by atoms with E-state index in [1.165, 1.54) is 6.42 Å². The van der Waals surface area contributed by atoms with Crippen LogP contribution in [0.15, 0.2) is 0 Å². The van der Waals surface area contributed by atoms with Crippen LogP contribution in [-0.2, 0) is 19.0 Å². The average Bonchev–Trinajstić information content (AvgIpc) is 2.48. The van der Waals surface area contributed by atoms with Crippen LogP contribution in [0.3, 0.4) is 0 Å². The summed E-state index contributed by atoms with van der Waals surface area (Å²) < 4.78 is 17.0. The molecule has 1 aliphatic carbocycles. The van der Waals surface area contributed by atoms with Crippen LogP contribution >= 0.6 is 0 Å². The maximum absolute atomic E-state index is 10.8. The van der Waals surface area contributed by atoms with E-state index in [9.17, 15) is 4.79 Å². The van der Waals surface area contributed by atoms with Crippen LogP contribution in [0.2, 0.25) is 0 Å². The Labute approximate surface area is 120 Å². The lowest BCUT2D eigenvalue weighted by atomic mass is 9.86. The fraction of sp³-hybridized carbons (Fsp3) is 0.933. The van der Waals surface area contributed by atoms with E-state index in [-0.39, 0.29) is 19.5 Å². The number of carboxylic acid groups (broad SMARTS) is 1. The molecular weight excluding hydrogens is 260 g/mol. The molecule has 2 aliphatic rings. The summed E-state index contributed by atoms with van der Waals surface area (Å²) in [7, 11) is 0. The minimum atomic E-state index is -0.837. The molecule has 1 heterocycles. The number of carboxylic acids is 1. The van der Waals surface area contributed by atoms with Crippen molar-refractivity contribution in [2.45, 2.75) is 57.8 Å². The van der Waals surface area contributed by atoms with Crippen molar-refractivity contribution in [3.05, 3.63) is 0 Å². The molecule has 0 spiro atoms. The van der Waals surface area contributed by atoms with Gasteiger partial charge in [-0.05, 0) is 32.1 Å². The highest BCUT2D eigenvalue weighted by atomic mass is 16.7. The van der Waals surface area contributed by atoms with Crippen LogP contribution in [0.1, 0.15) is 45.4 Å². The average molecular weight is 286 g/mol. The standard InChI is InChI=1S/C15H26O5/c1-2-3-8-18-13-6-4-11(5-7-13)15-19-9-12(10-20-15)14(16)17/h11-13,15H,2-10H2,1H3,(H,16,17). The Bertz CT molecular complexity index is 291. The van der Waals surface area contributed by atoms with Gasteiger partial charge in [0.25, 0.3) is 0 Å². The van der Waals surface area contributed by atoms with Crippen LogP contribution in [-0.4, -0.2) is 43.3 Å². The number of rotatable bonds is 6. The maximum Gasteiger partial charge on any atom is 0.311 e. The molecule has 2 rings (SSSR count). The fourth-order valence-electron chi connectivity index (χ4n) is 2.85. The molecule has 1 saturated carbocycles. The maximum atomic E-state index is 10.8. The highest BCUT2D eigenvalue weighted by Gasteiger charge is 2.34. The van der Waals surface area contributed by atoms with Crippen molar-refractivity contribution < 1.29 is 24.1 Å². The summed E-state index contributed by atoms with van der Waals surface area (Å²) in [5.41, 5.74) is 0. The van der Waals surface area contributed by atoms with E-state index in [1.54, 1.807) is 0 Å². The molecule has 0 aromatic heterocycles. The van der Waals surface area contributed by atoms with Gasteiger partial charge in [0.1, 0.15) is 5.92 Å². The molecular formula is C15H26O5. The molecule has 116 valence electrons. The Morgan fingerprint density at radius 1 is 1.20 bits per heavy atom. The number of aliphatic carboxylic acids is 1. The van der Waals surface area contributed by atoms with Gasteiger partial charge in [-0.1, -0.05) is 13.3 Å². The summed E-state index contributed by atoms with van der Waals surface area (Å²) in [4.78, 5) is 10.8. The summed E-state index contributed by atoms with van der Waals surface area (Å²) in [6.07, 6.45) is 6.66. The normalized spacial score (nSPS) is 34.9. The van der Waals surface area contributed by atoms with Crippen LogP contribution in [0.5, 0.6) is 0 Å². The van der Waals surface area contributed by atoms with Crippen molar-refractivity contribution >= 4 is 5.97 Å². The van der Waals surface area contributed by atoms with Crippen molar-refractivity contribution in [2.24, 2.45) is 11.8 Å². The topological polar surface area (TPSA) is 65.0 Å². The van der Waals surface area contributed by atoms with Crippen LogP contribution in [0.25, 0.3) is 0 Å². The van der Waals surface area contributed by atoms with Crippen molar-refractivity contribution in [3.63, 3.8) is 0 Å². The predicted molar refractivity (Wildman–Crippen MR) is 73.4 cm³/mol. The molecule has 0 radical (unpaired) electrons. The Balaban J connectivity index is 1.65.